The first-order chi connectivity index (χ1) is 13.5. The first kappa shape index (κ1) is 19.9. The fraction of sp³-hybridized carbons (Fsp3) is 0.450. The van der Waals surface area contributed by atoms with E-state index in [9.17, 15) is 14.4 Å². The molecule has 0 spiro atoms. The monoisotopic (exact) mass is 388 g/mol. The maximum atomic E-state index is 12.8. The molecule has 2 aliphatic heterocycles. The van der Waals surface area contributed by atoms with E-state index >= 15 is 0 Å². The first-order valence-electron chi connectivity index (χ1n) is 9.03. The smallest absolute Gasteiger partial charge is 0.424 e. The number of amides is 1. The third-order valence-corrected chi connectivity index (χ3v) is 5.43. The molecule has 2 saturated heterocycles. The van der Waals surface area contributed by atoms with Crippen molar-refractivity contribution in [2.24, 2.45) is 5.41 Å². The van der Waals surface area contributed by atoms with Gasteiger partial charge in [-0.3, -0.25) is 9.59 Å². The lowest BCUT2D eigenvalue weighted by atomic mass is 9.78. The molecule has 2 heterocycles. The van der Waals surface area contributed by atoms with Gasteiger partial charge in [0, 0.05) is 12.6 Å². The number of hydrogen-bond acceptors (Lipinski definition) is 7. The Hall–Kier alpha value is -2.87. The second kappa shape index (κ2) is 8.02. The lowest BCUT2D eigenvalue weighted by molar-refractivity contribution is -0.171. The van der Waals surface area contributed by atoms with E-state index in [0.29, 0.717) is 13.0 Å². The summed E-state index contributed by atoms with van der Waals surface area (Å²) in [7, 11) is 3.79. The fourth-order valence-corrected chi connectivity index (χ4v) is 4.17. The Bertz CT molecular complexity index is 762. The van der Waals surface area contributed by atoms with Gasteiger partial charge in [0.15, 0.2) is 5.41 Å². The Labute approximate surface area is 163 Å². The third kappa shape index (κ3) is 3.13. The highest BCUT2D eigenvalue weighted by Crippen LogP contribution is 2.48. The number of ether oxygens (including phenoxy) is 3. The predicted octanol–water partition coefficient (Wildman–Crippen LogP) is 1.86. The predicted molar refractivity (Wildman–Crippen MR) is 99.7 cm³/mol. The van der Waals surface area contributed by atoms with Crippen LogP contribution < -0.4 is 0 Å². The number of nitrogens with zero attached hydrogens (tertiary/aromatic N) is 2. The van der Waals surface area contributed by atoms with Gasteiger partial charge in [0.1, 0.15) is 0 Å². The largest absolute Gasteiger partial charge is 0.468 e. The highest BCUT2D eigenvalue weighted by molar-refractivity contribution is 6.02. The van der Waals surface area contributed by atoms with Crippen LogP contribution in [0, 0.1) is 5.41 Å². The van der Waals surface area contributed by atoms with Crippen LogP contribution in [-0.2, 0) is 23.8 Å². The van der Waals surface area contributed by atoms with E-state index in [4.69, 9.17) is 14.2 Å². The summed E-state index contributed by atoms with van der Waals surface area (Å²) in [6.07, 6.45) is 3.85. The molecular weight excluding hydrogens is 364 g/mol. The van der Waals surface area contributed by atoms with Crippen molar-refractivity contribution in [3.63, 3.8) is 0 Å². The molecule has 2 aliphatic rings. The van der Waals surface area contributed by atoms with Crippen LogP contribution in [0.1, 0.15) is 18.4 Å². The number of carbonyl (C=O) groups is 3. The molecule has 8 nitrogen and oxygen atoms in total. The van der Waals surface area contributed by atoms with Crippen LogP contribution in [0.4, 0.5) is 4.79 Å². The first-order valence-corrected chi connectivity index (χ1v) is 9.03. The molecule has 3 rings (SSSR count). The highest BCUT2D eigenvalue weighted by atomic mass is 16.6. The zero-order valence-electron chi connectivity index (χ0n) is 16.2. The van der Waals surface area contributed by atoms with Crippen molar-refractivity contribution >= 4 is 24.1 Å². The second-order valence-electron chi connectivity index (χ2n) is 6.79. The molecule has 8 heteroatoms. The van der Waals surface area contributed by atoms with Gasteiger partial charge in [-0.25, -0.2) is 14.8 Å². The standard InChI is InChI=1S/C20H24N2O6/c1-26-17(23)20(18(24)27-2)13-15-11-12-21(19(25)28-3)22(15)16(20)10-9-14-7-5-4-6-8-14/h4-10,15-16H,11-13H2,1-3H3/b10-9+/t15-,16+/m0/s1. The number of esters is 2. The molecule has 28 heavy (non-hydrogen) atoms. The number of methoxy groups -OCH3 is 3. The van der Waals surface area contributed by atoms with Gasteiger partial charge >= 0.3 is 18.0 Å². The lowest BCUT2D eigenvalue weighted by Crippen LogP contribution is -2.54. The van der Waals surface area contributed by atoms with Crippen molar-refractivity contribution in [3.8, 4) is 0 Å². The average molecular weight is 388 g/mol. The summed E-state index contributed by atoms with van der Waals surface area (Å²) in [6.45, 7) is 0.450. The normalized spacial score (nSPS) is 23.5. The summed E-state index contributed by atoms with van der Waals surface area (Å²) < 4.78 is 14.9. The summed E-state index contributed by atoms with van der Waals surface area (Å²) in [6, 6.07) is 8.55. The van der Waals surface area contributed by atoms with Gasteiger partial charge in [-0.05, 0) is 18.4 Å². The maximum Gasteiger partial charge on any atom is 0.424 e. The number of carbonyl (C=O) groups excluding carboxylic acids is 3. The van der Waals surface area contributed by atoms with E-state index in [0.717, 1.165) is 5.56 Å². The zero-order valence-corrected chi connectivity index (χ0v) is 16.2. The van der Waals surface area contributed by atoms with E-state index in [-0.39, 0.29) is 12.5 Å². The summed E-state index contributed by atoms with van der Waals surface area (Å²) in [5.41, 5.74) is -0.662. The highest BCUT2D eigenvalue weighted by Gasteiger charge is 2.65. The SMILES string of the molecule is COC(=O)N1CC[C@H]2CC(C(=O)OC)(C(=O)OC)[C@@H](/C=C/c3ccccc3)N21. The number of hydrazine groups is 1. The van der Waals surface area contributed by atoms with Crippen molar-refractivity contribution in [2.45, 2.75) is 24.9 Å². The van der Waals surface area contributed by atoms with Crippen molar-refractivity contribution in [1.29, 1.82) is 0 Å². The molecule has 0 N–H and O–H groups in total. The minimum atomic E-state index is -1.56. The van der Waals surface area contributed by atoms with E-state index in [1.165, 1.54) is 26.3 Å². The average Bonchev–Trinajstić information content (AvgIpc) is 3.28. The topological polar surface area (TPSA) is 85.4 Å². The number of fused-ring (bicyclic) bond motifs is 1. The fourth-order valence-electron chi connectivity index (χ4n) is 4.17. The molecule has 1 aromatic rings. The Morgan fingerprint density at radius 3 is 2.25 bits per heavy atom. The minimum absolute atomic E-state index is 0.192. The van der Waals surface area contributed by atoms with E-state index in [2.05, 4.69) is 0 Å². The van der Waals surface area contributed by atoms with Crippen LogP contribution in [0.3, 0.4) is 0 Å². The Morgan fingerprint density at radius 2 is 1.68 bits per heavy atom. The van der Waals surface area contributed by atoms with E-state index in [1.807, 2.05) is 36.4 Å². The summed E-state index contributed by atoms with van der Waals surface area (Å²) >= 11 is 0. The molecule has 0 aliphatic carbocycles. The van der Waals surface area contributed by atoms with Crippen LogP contribution in [0.25, 0.3) is 6.08 Å². The van der Waals surface area contributed by atoms with Crippen LogP contribution in [-0.4, -0.2) is 68.0 Å². The number of rotatable bonds is 4. The van der Waals surface area contributed by atoms with Crippen LogP contribution >= 0.6 is 0 Å². The molecule has 0 unspecified atom stereocenters. The summed E-state index contributed by atoms with van der Waals surface area (Å²) in [5, 5.41) is 3.19. The Kier molecular flexibility index (Phi) is 5.69. The summed E-state index contributed by atoms with van der Waals surface area (Å²) in [4.78, 5) is 37.9. The zero-order chi connectivity index (χ0) is 20.3. The number of hydrogen-bond donors (Lipinski definition) is 0. The minimum Gasteiger partial charge on any atom is -0.468 e. The lowest BCUT2D eigenvalue weighted by Gasteiger charge is -2.35. The number of benzene rings is 1. The van der Waals surface area contributed by atoms with Crippen molar-refractivity contribution < 1.29 is 28.6 Å². The van der Waals surface area contributed by atoms with E-state index < -0.39 is 29.5 Å². The second-order valence-corrected chi connectivity index (χ2v) is 6.79. The van der Waals surface area contributed by atoms with Crippen LogP contribution in [0.15, 0.2) is 36.4 Å². The van der Waals surface area contributed by atoms with Gasteiger partial charge in [-0.1, -0.05) is 42.5 Å². The van der Waals surface area contributed by atoms with Gasteiger partial charge in [0.05, 0.1) is 27.4 Å². The molecule has 0 aromatic heterocycles. The molecular formula is C20H24N2O6. The van der Waals surface area contributed by atoms with Gasteiger partial charge in [-0.15, -0.1) is 0 Å². The van der Waals surface area contributed by atoms with Crippen molar-refractivity contribution in [2.75, 3.05) is 27.9 Å². The Balaban J connectivity index is 2.08. The Morgan fingerprint density at radius 1 is 1.04 bits per heavy atom. The van der Waals surface area contributed by atoms with Crippen molar-refractivity contribution in [3.05, 3.63) is 42.0 Å². The quantitative estimate of drug-likeness (QED) is 0.442. The molecule has 150 valence electrons. The maximum absolute atomic E-state index is 12.8. The summed E-state index contributed by atoms with van der Waals surface area (Å²) in [5.74, 6) is -1.36. The molecule has 1 amide bonds. The molecule has 0 bridgehead atoms. The molecule has 2 fully saturated rings. The van der Waals surface area contributed by atoms with Gasteiger partial charge < -0.3 is 14.2 Å². The van der Waals surface area contributed by atoms with Crippen LogP contribution in [0.2, 0.25) is 0 Å². The molecule has 0 saturated carbocycles. The van der Waals surface area contributed by atoms with Gasteiger partial charge in [0.25, 0.3) is 0 Å². The van der Waals surface area contributed by atoms with Crippen molar-refractivity contribution in [1.82, 2.24) is 10.0 Å². The molecule has 1 aromatic carbocycles. The molecule has 2 atom stereocenters. The molecule has 0 radical (unpaired) electrons. The van der Waals surface area contributed by atoms with Gasteiger partial charge in [0.2, 0.25) is 0 Å². The van der Waals surface area contributed by atoms with E-state index in [1.54, 1.807) is 11.1 Å². The van der Waals surface area contributed by atoms with Crippen LogP contribution in [0.5, 0.6) is 0 Å². The van der Waals surface area contributed by atoms with Gasteiger partial charge in [-0.2, -0.15) is 0 Å². The third-order valence-electron chi connectivity index (χ3n) is 5.43.